The van der Waals surface area contributed by atoms with Crippen molar-refractivity contribution < 1.29 is 4.79 Å². The lowest BCUT2D eigenvalue weighted by Crippen LogP contribution is -2.45. The zero-order valence-corrected chi connectivity index (χ0v) is 13.2. The molecule has 1 saturated carbocycles. The molecule has 5 heteroatoms. The first-order chi connectivity index (χ1) is 9.34. The normalized spacial score (nSPS) is 29.2. The summed E-state index contributed by atoms with van der Waals surface area (Å²) in [7, 11) is 0. The zero-order chi connectivity index (χ0) is 13.1. The molecule has 116 valence electrons. The highest BCUT2D eigenvalue weighted by atomic mass is 35.5. The van der Waals surface area contributed by atoms with E-state index in [-0.39, 0.29) is 18.4 Å². The standard InChI is InChI=1S/C15H27N3O.ClH/c19-15(14-7-3-8-16-14)18-10-4-9-17(11-12-18)13-5-1-2-6-13;/h13-14,16H,1-12H2;1H/t14-;/m0./s1. The summed E-state index contributed by atoms with van der Waals surface area (Å²) < 4.78 is 0. The van der Waals surface area contributed by atoms with Crippen LogP contribution in [-0.2, 0) is 4.79 Å². The molecule has 0 unspecified atom stereocenters. The topological polar surface area (TPSA) is 35.6 Å². The Kier molecular flexibility index (Phi) is 6.12. The molecule has 2 aliphatic heterocycles. The van der Waals surface area contributed by atoms with E-state index in [4.69, 9.17) is 0 Å². The van der Waals surface area contributed by atoms with Crippen LogP contribution in [0.2, 0.25) is 0 Å². The summed E-state index contributed by atoms with van der Waals surface area (Å²) in [5.74, 6) is 0.353. The highest BCUT2D eigenvalue weighted by molar-refractivity contribution is 5.85. The molecule has 0 bridgehead atoms. The molecule has 0 aromatic rings. The summed E-state index contributed by atoms with van der Waals surface area (Å²) in [5.41, 5.74) is 0. The zero-order valence-electron chi connectivity index (χ0n) is 12.4. The maximum Gasteiger partial charge on any atom is 0.239 e. The highest BCUT2D eigenvalue weighted by Gasteiger charge is 2.30. The minimum atomic E-state index is 0. The molecule has 1 N–H and O–H groups in total. The van der Waals surface area contributed by atoms with E-state index in [1.165, 1.54) is 32.2 Å². The number of amides is 1. The second-order valence-corrected chi connectivity index (χ2v) is 6.30. The molecule has 0 spiro atoms. The van der Waals surface area contributed by atoms with Crippen molar-refractivity contribution in [3.05, 3.63) is 0 Å². The van der Waals surface area contributed by atoms with Gasteiger partial charge in [-0.2, -0.15) is 0 Å². The Morgan fingerprint density at radius 3 is 2.40 bits per heavy atom. The lowest BCUT2D eigenvalue weighted by atomic mass is 10.2. The van der Waals surface area contributed by atoms with Gasteiger partial charge in [0, 0.05) is 32.2 Å². The van der Waals surface area contributed by atoms with Gasteiger partial charge in [-0.1, -0.05) is 12.8 Å². The number of hydrogen-bond acceptors (Lipinski definition) is 3. The first-order valence-corrected chi connectivity index (χ1v) is 8.11. The van der Waals surface area contributed by atoms with Crippen LogP contribution in [-0.4, -0.2) is 60.5 Å². The van der Waals surface area contributed by atoms with Crippen molar-refractivity contribution in [2.24, 2.45) is 0 Å². The Labute approximate surface area is 128 Å². The third-order valence-electron chi connectivity index (χ3n) is 5.04. The maximum atomic E-state index is 12.4. The van der Waals surface area contributed by atoms with E-state index in [1.54, 1.807) is 0 Å². The van der Waals surface area contributed by atoms with E-state index in [2.05, 4.69) is 15.1 Å². The summed E-state index contributed by atoms with van der Waals surface area (Å²) in [4.78, 5) is 17.2. The molecule has 1 aliphatic carbocycles. The third kappa shape index (κ3) is 3.66. The van der Waals surface area contributed by atoms with E-state index in [9.17, 15) is 4.79 Å². The quantitative estimate of drug-likeness (QED) is 0.842. The van der Waals surface area contributed by atoms with Gasteiger partial charge in [-0.15, -0.1) is 12.4 Å². The molecule has 20 heavy (non-hydrogen) atoms. The number of carbonyl (C=O) groups excluding carboxylic acids is 1. The van der Waals surface area contributed by atoms with Crippen molar-refractivity contribution in [2.45, 2.75) is 57.0 Å². The Balaban J connectivity index is 0.00000147. The van der Waals surface area contributed by atoms with Crippen LogP contribution in [0.1, 0.15) is 44.9 Å². The minimum Gasteiger partial charge on any atom is -0.340 e. The van der Waals surface area contributed by atoms with Crippen LogP contribution in [0.4, 0.5) is 0 Å². The molecular weight excluding hydrogens is 274 g/mol. The van der Waals surface area contributed by atoms with Crippen LogP contribution in [0.5, 0.6) is 0 Å². The molecule has 4 nitrogen and oxygen atoms in total. The number of hydrogen-bond donors (Lipinski definition) is 1. The first-order valence-electron chi connectivity index (χ1n) is 8.11. The highest BCUT2D eigenvalue weighted by Crippen LogP contribution is 2.24. The van der Waals surface area contributed by atoms with Crippen molar-refractivity contribution in [1.29, 1.82) is 0 Å². The van der Waals surface area contributed by atoms with E-state index >= 15 is 0 Å². The fourth-order valence-electron chi connectivity index (χ4n) is 3.91. The lowest BCUT2D eigenvalue weighted by molar-refractivity contribution is -0.132. The SMILES string of the molecule is Cl.O=C([C@@H]1CCCN1)N1CCCN(C2CCCC2)CC1. The Bertz CT molecular complexity index is 314. The Hall–Kier alpha value is -0.320. The molecule has 2 saturated heterocycles. The van der Waals surface area contributed by atoms with Gasteiger partial charge in [0.2, 0.25) is 5.91 Å². The summed E-state index contributed by atoms with van der Waals surface area (Å²) in [6.45, 7) is 5.18. The van der Waals surface area contributed by atoms with Crippen LogP contribution in [0.15, 0.2) is 0 Å². The largest absolute Gasteiger partial charge is 0.340 e. The minimum absolute atomic E-state index is 0. The predicted molar refractivity (Wildman–Crippen MR) is 83.3 cm³/mol. The maximum absolute atomic E-state index is 12.4. The predicted octanol–water partition coefficient (Wildman–Crippen LogP) is 1.64. The van der Waals surface area contributed by atoms with Gasteiger partial charge in [-0.25, -0.2) is 0 Å². The van der Waals surface area contributed by atoms with E-state index < -0.39 is 0 Å². The van der Waals surface area contributed by atoms with Crippen LogP contribution in [0, 0.1) is 0 Å². The molecule has 0 aromatic carbocycles. The van der Waals surface area contributed by atoms with Gasteiger partial charge in [-0.3, -0.25) is 9.69 Å². The van der Waals surface area contributed by atoms with Crippen molar-refractivity contribution in [3.63, 3.8) is 0 Å². The fourth-order valence-corrected chi connectivity index (χ4v) is 3.91. The molecule has 3 fully saturated rings. The molecular formula is C15H28ClN3O. The van der Waals surface area contributed by atoms with Gasteiger partial charge >= 0.3 is 0 Å². The molecule has 1 amide bonds. The average Bonchev–Trinajstić information content (AvgIpc) is 3.08. The second kappa shape index (κ2) is 7.62. The average molecular weight is 302 g/mol. The lowest BCUT2D eigenvalue weighted by Gasteiger charge is -2.28. The Morgan fingerprint density at radius 2 is 1.70 bits per heavy atom. The van der Waals surface area contributed by atoms with Gasteiger partial charge in [0.15, 0.2) is 0 Å². The first kappa shape index (κ1) is 16.1. The molecule has 0 radical (unpaired) electrons. The summed E-state index contributed by atoms with van der Waals surface area (Å²) in [6.07, 6.45) is 8.87. The fraction of sp³-hybridized carbons (Fsp3) is 0.933. The van der Waals surface area contributed by atoms with Gasteiger partial charge in [0.05, 0.1) is 6.04 Å². The third-order valence-corrected chi connectivity index (χ3v) is 5.04. The number of nitrogens with one attached hydrogen (secondary N) is 1. The monoisotopic (exact) mass is 301 g/mol. The number of carbonyl (C=O) groups is 1. The van der Waals surface area contributed by atoms with Gasteiger partial charge < -0.3 is 10.2 Å². The smallest absolute Gasteiger partial charge is 0.239 e. The van der Waals surface area contributed by atoms with Crippen molar-refractivity contribution in [2.75, 3.05) is 32.7 Å². The second-order valence-electron chi connectivity index (χ2n) is 6.30. The number of nitrogens with zero attached hydrogens (tertiary/aromatic N) is 2. The molecule has 3 rings (SSSR count). The molecule has 1 atom stereocenters. The van der Waals surface area contributed by atoms with E-state index in [0.717, 1.165) is 51.5 Å². The van der Waals surface area contributed by atoms with E-state index in [0.29, 0.717) is 5.91 Å². The Morgan fingerprint density at radius 1 is 0.900 bits per heavy atom. The van der Waals surface area contributed by atoms with Crippen LogP contribution in [0.3, 0.4) is 0 Å². The molecule has 3 aliphatic rings. The summed E-state index contributed by atoms with van der Waals surface area (Å²) in [6, 6.07) is 0.915. The van der Waals surface area contributed by atoms with Gasteiger partial charge in [0.1, 0.15) is 0 Å². The van der Waals surface area contributed by atoms with Gasteiger partial charge in [-0.05, 0) is 38.6 Å². The van der Waals surface area contributed by atoms with Crippen LogP contribution >= 0.6 is 12.4 Å². The van der Waals surface area contributed by atoms with Crippen LogP contribution in [0.25, 0.3) is 0 Å². The number of halogens is 1. The van der Waals surface area contributed by atoms with Crippen molar-refractivity contribution in [1.82, 2.24) is 15.1 Å². The van der Waals surface area contributed by atoms with Crippen molar-refractivity contribution in [3.8, 4) is 0 Å². The van der Waals surface area contributed by atoms with E-state index in [1.807, 2.05) is 0 Å². The molecule has 2 heterocycles. The van der Waals surface area contributed by atoms with Gasteiger partial charge in [0.25, 0.3) is 0 Å². The molecule has 0 aromatic heterocycles. The summed E-state index contributed by atoms with van der Waals surface area (Å²) in [5, 5.41) is 3.34. The number of rotatable bonds is 2. The van der Waals surface area contributed by atoms with Crippen LogP contribution < -0.4 is 5.32 Å². The summed E-state index contributed by atoms with van der Waals surface area (Å²) >= 11 is 0. The van der Waals surface area contributed by atoms with Crippen molar-refractivity contribution >= 4 is 18.3 Å².